The Bertz CT molecular complexity index is 804. The van der Waals surface area contributed by atoms with Crippen LogP contribution in [0.1, 0.15) is 41.8 Å². The van der Waals surface area contributed by atoms with E-state index < -0.39 is 0 Å². The number of piperidine rings is 1. The molecule has 0 aromatic heterocycles. The van der Waals surface area contributed by atoms with Crippen LogP contribution in [0.25, 0.3) is 0 Å². The number of nitrogens with zero attached hydrogens (tertiary/aromatic N) is 1. The second-order valence-corrected chi connectivity index (χ2v) is 7.92. The van der Waals surface area contributed by atoms with E-state index in [9.17, 15) is 4.79 Å². The molecule has 144 valence electrons. The van der Waals surface area contributed by atoms with Crippen LogP contribution in [0.4, 0.5) is 0 Å². The van der Waals surface area contributed by atoms with Crippen LogP contribution < -0.4 is 10.5 Å². The maximum atomic E-state index is 11.5. The van der Waals surface area contributed by atoms with Crippen LogP contribution in [0.5, 0.6) is 5.75 Å². The average molecular weight is 367 g/mol. The minimum atomic E-state index is -0.358. The molecule has 2 aromatic carbocycles. The first-order chi connectivity index (χ1) is 12.9. The summed E-state index contributed by atoms with van der Waals surface area (Å²) in [6.07, 6.45) is 2.10. The van der Waals surface area contributed by atoms with E-state index in [1.807, 2.05) is 18.2 Å². The van der Waals surface area contributed by atoms with Gasteiger partial charge in [0.2, 0.25) is 5.91 Å². The molecule has 2 unspecified atom stereocenters. The molecule has 0 aliphatic carbocycles. The molecule has 0 radical (unpaired) electrons. The van der Waals surface area contributed by atoms with E-state index in [0.717, 1.165) is 38.2 Å². The predicted octanol–water partition coefficient (Wildman–Crippen LogP) is 3.64. The van der Waals surface area contributed by atoms with Crippen molar-refractivity contribution in [1.29, 1.82) is 0 Å². The van der Waals surface area contributed by atoms with Crippen molar-refractivity contribution in [2.24, 2.45) is 11.7 Å². The summed E-state index contributed by atoms with van der Waals surface area (Å²) >= 11 is 0. The molecule has 1 saturated heterocycles. The summed E-state index contributed by atoms with van der Waals surface area (Å²) in [5, 5.41) is 0. The standard InChI is InChI=1S/C23H30N2O2/c1-17-16-25(12-10-18-6-4-9-21(14-18)27-3)13-11-23(17,2)20-8-5-7-19(15-20)22(24)26/h4-9,14-15,17H,10-13,16H2,1-3H3,(H2,24,26). The lowest BCUT2D eigenvalue weighted by Gasteiger charge is -2.45. The number of amides is 1. The fraction of sp³-hybridized carbons (Fsp3) is 0.435. The largest absolute Gasteiger partial charge is 0.497 e. The van der Waals surface area contributed by atoms with Crippen LogP contribution >= 0.6 is 0 Å². The smallest absolute Gasteiger partial charge is 0.248 e. The first-order valence-electron chi connectivity index (χ1n) is 9.68. The third-order valence-electron chi connectivity index (χ3n) is 6.22. The highest BCUT2D eigenvalue weighted by Crippen LogP contribution is 2.39. The molecule has 1 aliphatic heterocycles. The highest BCUT2D eigenvalue weighted by Gasteiger charge is 2.38. The Morgan fingerprint density at radius 2 is 2.04 bits per heavy atom. The molecular formula is C23H30N2O2. The van der Waals surface area contributed by atoms with Gasteiger partial charge < -0.3 is 15.4 Å². The normalized spacial score (nSPS) is 23.1. The molecule has 1 fully saturated rings. The molecule has 2 atom stereocenters. The fourth-order valence-electron chi connectivity index (χ4n) is 4.09. The summed E-state index contributed by atoms with van der Waals surface area (Å²) in [5.41, 5.74) is 8.67. The molecule has 1 heterocycles. The number of carbonyl (C=O) groups is 1. The third-order valence-corrected chi connectivity index (χ3v) is 6.22. The monoisotopic (exact) mass is 366 g/mol. The Balaban J connectivity index is 1.64. The van der Waals surface area contributed by atoms with Crippen molar-refractivity contribution in [2.75, 3.05) is 26.7 Å². The zero-order valence-electron chi connectivity index (χ0n) is 16.6. The molecule has 4 heteroatoms. The maximum absolute atomic E-state index is 11.5. The van der Waals surface area contributed by atoms with Gasteiger partial charge in [0, 0.05) is 18.7 Å². The highest BCUT2D eigenvalue weighted by atomic mass is 16.5. The summed E-state index contributed by atoms with van der Waals surface area (Å²) in [7, 11) is 1.71. The Labute approximate surface area is 162 Å². The van der Waals surface area contributed by atoms with Gasteiger partial charge in [-0.1, -0.05) is 38.1 Å². The zero-order chi connectivity index (χ0) is 19.4. The summed E-state index contributed by atoms with van der Waals surface area (Å²) < 4.78 is 5.32. The molecule has 4 nitrogen and oxygen atoms in total. The molecule has 0 saturated carbocycles. The van der Waals surface area contributed by atoms with Crippen LogP contribution in [0.2, 0.25) is 0 Å². The number of benzene rings is 2. The zero-order valence-corrected chi connectivity index (χ0v) is 16.6. The van der Waals surface area contributed by atoms with Gasteiger partial charge in [0.25, 0.3) is 0 Å². The predicted molar refractivity (Wildman–Crippen MR) is 109 cm³/mol. The number of ether oxygens (including phenoxy) is 1. The fourth-order valence-corrected chi connectivity index (χ4v) is 4.09. The molecule has 1 aliphatic rings. The number of hydrogen-bond donors (Lipinski definition) is 1. The number of methoxy groups -OCH3 is 1. The van der Waals surface area contributed by atoms with Gasteiger partial charge in [0.1, 0.15) is 5.75 Å². The molecule has 2 aromatic rings. The molecule has 3 rings (SSSR count). The lowest BCUT2D eigenvalue weighted by molar-refractivity contribution is 0.0998. The van der Waals surface area contributed by atoms with E-state index in [2.05, 4.69) is 43.0 Å². The molecular weight excluding hydrogens is 336 g/mol. The van der Waals surface area contributed by atoms with Gasteiger partial charge in [-0.3, -0.25) is 4.79 Å². The SMILES string of the molecule is COc1cccc(CCN2CCC(C)(c3cccc(C(N)=O)c3)C(C)C2)c1. The van der Waals surface area contributed by atoms with Gasteiger partial charge in [-0.05, 0) is 66.1 Å². The van der Waals surface area contributed by atoms with Crippen molar-refractivity contribution in [3.63, 3.8) is 0 Å². The lowest BCUT2D eigenvalue weighted by Crippen LogP contribution is -2.47. The van der Waals surface area contributed by atoms with E-state index >= 15 is 0 Å². The van der Waals surface area contributed by atoms with E-state index in [1.165, 1.54) is 11.1 Å². The summed E-state index contributed by atoms with van der Waals surface area (Å²) in [4.78, 5) is 14.1. The molecule has 0 spiro atoms. The minimum Gasteiger partial charge on any atom is -0.497 e. The van der Waals surface area contributed by atoms with E-state index in [-0.39, 0.29) is 11.3 Å². The van der Waals surface area contributed by atoms with E-state index in [4.69, 9.17) is 10.5 Å². The van der Waals surface area contributed by atoms with Crippen molar-refractivity contribution in [3.05, 3.63) is 65.2 Å². The number of carbonyl (C=O) groups excluding carboxylic acids is 1. The topological polar surface area (TPSA) is 55.6 Å². The van der Waals surface area contributed by atoms with Crippen LogP contribution in [-0.2, 0) is 11.8 Å². The van der Waals surface area contributed by atoms with E-state index in [1.54, 1.807) is 13.2 Å². The van der Waals surface area contributed by atoms with Gasteiger partial charge >= 0.3 is 0 Å². The minimum absolute atomic E-state index is 0.0674. The summed E-state index contributed by atoms with van der Waals surface area (Å²) in [6.45, 7) is 7.80. The van der Waals surface area contributed by atoms with Gasteiger partial charge in [-0.2, -0.15) is 0 Å². The quantitative estimate of drug-likeness (QED) is 0.849. The van der Waals surface area contributed by atoms with Crippen molar-refractivity contribution >= 4 is 5.91 Å². The third kappa shape index (κ3) is 4.33. The number of hydrogen-bond acceptors (Lipinski definition) is 3. The average Bonchev–Trinajstić information content (AvgIpc) is 2.69. The maximum Gasteiger partial charge on any atom is 0.248 e. The Kier molecular flexibility index (Phi) is 5.85. The summed E-state index contributed by atoms with van der Waals surface area (Å²) in [5.74, 6) is 1.06. The Morgan fingerprint density at radius 1 is 1.26 bits per heavy atom. The van der Waals surface area contributed by atoms with Gasteiger partial charge in [-0.25, -0.2) is 0 Å². The number of nitrogens with two attached hydrogens (primary N) is 1. The second-order valence-electron chi connectivity index (χ2n) is 7.92. The number of likely N-dealkylation sites (tertiary alicyclic amines) is 1. The Morgan fingerprint density at radius 3 is 2.74 bits per heavy atom. The second kappa shape index (κ2) is 8.13. The lowest BCUT2D eigenvalue weighted by atomic mass is 9.68. The van der Waals surface area contributed by atoms with Crippen LogP contribution in [0, 0.1) is 5.92 Å². The van der Waals surface area contributed by atoms with Crippen LogP contribution in [0.15, 0.2) is 48.5 Å². The molecule has 2 N–H and O–H groups in total. The van der Waals surface area contributed by atoms with Crippen LogP contribution in [0.3, 0.4) is 0 Å². The van der Waals surface area contributed by atoms with Crippen molar-refractivity contribution in [3.8, 4) is 5.75 Å². The molecule has 0 bridgehead atoms. The number of rotatable bonds is 6. The van der Waals surface area contributed by atoms with Gasteiger partial charge in [0.05, 0.1) is 7.11 Å². The number of primary amides is 1. The highest BCUT2D eigenvalue weighted by molar-refractivity contribution is 5.92. The first-order valence-corrected chi connectivity index (χ1v) is 9.68. The van der Waals surface area contributed by atoms with Crippen molar-refractivity contribution in [1.82, 2.24) is 4.90 Å². The van der Waals surface area contributed by atoms with Crippen molar-refractivity contribution < 1.29 is 9.53 Å². The summed E-state index contributed by atoms with van der Waals surface area (Å²) in [6, 6.07) is 16.2. The van der Waals surface area contributed by atoms with E-state index in [0.29, 0.717) is 11.5 Å². The van der Waals surface area contributed by atoms with Crippen molar-refractivity contribution in [2.45, 2.75) is 32.1 Å². The first kappa shape index (κ1) is 19.4. The molecule has 27 heavy (non-hydrogen) atoms. The van der Waals surface area contributed by atoms with Gasteiger partial charge in [-0.15, -0.1) is 0 Å². The Hall–Kier alpha value is -2.33. The van der Waals surface area contributed by atoms with Gasteiger partial charge in [0.15, 0.2) is 0 Å². The molecule has 1 amide bonds. The van der Waals surface area contributed by atoms with Crippen LogP contribution in [-0.4, -0.2) is 37.6 Å².